The number of aromatic nitrogens is 1. The SMILES string of the molecule is O=C1Nc2nc(-c3ccsc3)ccc2[C@H]1c1ccccc1. The second-order valence-electron chi connectivity index (χ2n) is 4.98. The van der Waals surface area contributed by atoms with E-state index >= 15 is 0 Å². The Morgan fingerprint density at radius 2 is 1.90 bits per heavy atom. The van der Waals surface area contributed by atoms with Gasteiger partial charge in [-0.05, 0) is 23.1 Å². The molecule has 3 aromatic rings. The number of thiophene rings is 1. The molecule has 21 heavy (non-hydrogen) atoms. The molecule has 1 N–H and O–H groups in total. The molecule has 3 heterocycles. The van der Waals surface area contributed by atoms with Crippen molar-refractivity contribution in [3.8, 4) is 11.3 Å². The predicted molar refractivity (Wildman–Crippen MR) is 84.5 cm³/mol. The average Bonchev–Trinajstić information content (AvgIpc) is 3.14. The summed E-state index contributed by atoms with van der Waals surface area (Å²) in [5.41, 5.74) is 3.92. The lowest BCUT2D eigenvalue weighted by Crippen LogP contribution is -2.13. The Kier molecular flexibility index (Phi) is 2.82. The Morgan fingerprint density at radius 3 is 2.67 bits per heavy atom. The van der Waals surface area contributed by atoms with Crippen LogP contribution in [0.3, 0.4) is 0 Å². The Bertz CT molecular complexity index is 797. The summed E-state index contributed by atoms with van der Waals surface area (Å²) in [6, 6.07) is 15.8. The van der Waals surface area contributed by atoms with Gasteiger partial charge in [-0.15, -0.1) is 0 Å². The van der Waals surface area contributed by atoms with Crippen LogP contribution in [0.15, 0.2) is 59.3 Å². The summed E-state index contributed by atoms with van der Waals surface area (Å²) in [5.74, 6) is 0.411. The van der Waals surface area contributed by atoms with Gasteiger partial charge in [-0.2, -0.15) is 11.3 Å². The van der Waals surface area contributed by atoms with Crippen LogP contribution in [0.25, 0.3) is 11.3 Å². The predicted octanol–water partition coefficient (Wildman–Crippen LogP) is 3.89. The van der Waals surface area contributed by atoms with Crippen molar-refractivity contribution in [2.45, 2.75) is 5.92 Å². The highest BCUT2D eigenvalue weighted by Gasteiger charge is 2.32. The molecule has 4 heteroatoms. The minimum absolute atomic E-state index is 0.00818. The van der Waals surface area contributed by atoms with Crippen molar-refractivity contribution in [3.63, 3.8) is 0 Å². The zero-order valence-corrected chi connectivity index (χ0v) is 11.9. The quantitative estimate of drug-likeness (QED) is 0.778. The number of carbonyl (C=O) groups is 1. The summed E-state index contributed by atoms with van der Waals surface area (Å²) in [4.78, 5) is 16.9. The zero-order valence-electron chi connectivity index (χ0n) is 11.1. The minimum Gasteiger partial charge on any atom is -0.310 e. The Labute approximate surface area is 126 Å². The van der Waals surface area contributed by atoms with E-state index < -0.39 is 0 Å². The first-order valence-corrected chi connectivity index (χ1v) is 7.66. The van der Waals surface area contributed by atoms with Gasteiger partial charge >= 0.3 is 0 Å². The summed E-state index contributed by atoms with van der Waals surface area (Å²) >= 11 is 1.64. The molecule has 1 aliphatic heterocycles. The standard InChI is InChI=1S/C17H12N2OS/c20-17-15(11-4-2-1-3-5-11)13-6-7-14(18-16(13)19-17)12-8-9-21-10-12/h1-10,15H,(H,18,19,20)/t15-/m1/s1. The molecule has 0 aliphatic carbocycles. The highest BCUT2D eigenvalue weighted by Crippen LogP contribution is 2.37. The van der Waals surface area contributed by atoms with Crippen molar-refractivity contribution in [1.82, 2.24) is 4.98 Å². The second-order valence-corrected chi connectivity index (χ2v) is 5.76. The average molecular weight is 292 g/mol. The molecule has 2 aromatic heterocycles. The first-order valence-electron chi connectivity index (χ1n) is 6.72. The number of benzene rings is 1. The summed E-state index contributed by atoms with van der Waals surface area (Å²) in [6.07, 6.45) is 0. The molecule has 0 saturated heterocycles. The summed E-state index contributed by atoms with van der Waals surface area (Å²) < 4.78 is 0. The minimum atomic E-state index is -0.259. The smallest absolute Gasteiger partial charge is 0.237 e. The largest absolute Gasteiger partial charge is 0.310 e. The maximum Gasteiger partial charge on any atom is 0.237 e. The third kappa shape index (κ3) is 2.04. The van der Waals surface area contributed by atoms with Crippen molar-refractivity contribution in [1.29, 1.82) is 0 Å². The van der Waals surface area contributed by atoms with Gasteiger partial charge in [0.1, 0.15) is 5.82 Å². The van der Waals surface area contributed by atoms with Gasteiger partial charge in [-0.3, -0.25) is 4.79 Å². The lowest BCUT2D eigenvalue weighted by atomic mass is 9.93. The molecule has 1 amide bonds. The lowest BCUT2D eigenvalue weighted by Gasteiger charge is -2.08. The van der Waals surface area contributed by atoms with E-state index in [-0.39, 0.29) is 11.8 Å². The van der Waals surface area contributed by atoms with E-state index in [0.29, 0.717) is 5.82 Å². The Balaban J connectivity index is 1.79. The number of pyridine rings is 1. The first kappa shape index (κ1) is 12.3. The third-order valence-corrected chi connectivity index (χ3v) is 4.37. The highest BCUT2D eigenvalue weighted by molar-refractivity contribution is 7.08. The van der Waals surface area contributed by atoms with Gasteiger partial charge in [0.15, 0.2) is 0 Å². The van der Waals surface area contributed by atoms with Crippen LogP contribution in [0, 0.1) is 0 Å². The van der Waals surface area contributed by atoms with E-state index in [1.807, 2.05) is 53.9 Å². The fourth-order valence-electron chi connectivity index (χ4n) is 2.68. The summed E-state index contributed by atoms with van der Waals surface area (Å²) in [6.45, 7) is 0. The third-order valence-electron chi connectivity index (χ3n) is 3.69. The fourth-order valence-corrected chi connectivity index (χ4v) is 3.33. The van der Waals surface area contributed by atoms with Crippen molar-refractivity contribution >= 4 is 23.1 Å². The van der Waals surface area contributed by atoms with Gasteiger partial charge in [0.25, 0.3) is 0 Å². The van der Waals surface area contributed by atoms with Crippen LogP contribution in [0.2, 0.25) is 0 Å². The fraction of sp³-hybridized carbons (Fsp3) is 0.0588. The maximum absolute atomic E-state index is 12.3. The van der Waals surface area contributed by atoms with Gasteiger partial charge < -0.3 is 5.32 Å². The van der Waals surface area contributed by atoms with Gasteiger partial charge in [0, 0.05) is 16.5 Å². The van der Waals surface area contributed by atoms with E-state index in [9.17, 15) is 4.79 Å². The number of nitrogens with one attached hydrogen (secondary N) is 1. The van der Waals surface area contributed by atoms with Crippen molar-refractivity contribution in [2.24, 2.45) is 0 Å². The lowest BCUT2D eigenvalue weighted by molar-refractivity contribution is -0.116. The highest BCUT2D eigenvalue weighted by atomic mass is 32.1. The Morgan fingerprint density at radius 1 is 1.05 bits per heavy atom. The number of carbonyl (C=O) groups excluding carboxylic acids is 1. The number of hydrogen-bond donors (Lipinski definition) is 1. The second kappa shape index (κ2) is 4.82. The van der Waals surface area contributed by atoms with Gasteiger partial charge in [-0.1, -0.05) is 36.4 Å². The van der Waals surface area contributed by atoms with E-state index in [2.05, 4.69) is 15.7 Å². The molecule has 3 nitrogen and oxygen atoms in total. The number of hydrogen-bond acceptors (Lipinski definition) is 3. The molecule has 0 radical (unpaired) electrons. The normalized spacial score (nSPS) is 16.6. The molecule has 4 rings (SSSR count). The van der Waals surface area contributed by atoms with Gasteiger partial charge in [-0.25, -0.2) is 4.98 Å². The molecule has 102 valence electrons. The molecular formula is C17H12N2OS. The van der Waals surface area contributed by atoms with E-state index in [1.165, 1.54) is 0 Å². The molecule has 0 spiro atoms. The topological polar surface area (TPSA) is 42.0 Å². The van der Waals surface area contributed by atoms with Gasteiger partial charge in [0.2, 0.25) is 5.91 Å². The van der Waals surface area contributed by atoms with Crippen LogP contribution < -0.4 is 5.32 Å². The van der Waals surface area contributed by atoms with Crippen molar-refractivity contribution < 1.29 is 4.79 Å². The molecule has 0 saturated carbocycles. The summed E-state index contributed by atoms with van der Waals surface area (Å²) in [7, 11) is 0. The molecular weight excluding hydrogens is 280 g/mol. The first-order chi connectivity index (χ1) is 10.3. The molecule has 1 aromatic carbocycles. The maximum atomic E-state index is 12.3. The van der Waals surface area contributed by atoms with Crippen LogP contribution >= 0.6 is 11.3 Å². The van der Waals surface area contributed by atoms with Crippen LogP contribution in [0.5, 0.6) is 0 Å². The number of amides is 1. The van der Waals surface area contributed by atoms with Crippen LogP contribution in [-0.4, -0.2) is 10.9 Å². The number of rotatable bonds is 2. The molecule has 0 unspecified atom stereocenters. The van der Waals surface area contributed by atoms with Crippen LogP contribution in [0.1, 0.15) is 17.0 Å². The zero-order chi connectivity index (χ0) is 14.2. The molecule has 1 atom stereocenters. The number of nitrogens with zero attached hydrogens (tertiary/aromatic N) is 1. The number of anilines is 1. The molecule has 0 fully saturated rings. The Hall–Kier alpha value is -2.46. The van der Waals surface area contributed by atoms with Crippen molar-refractivity contribution in [3.05, 3.63) is 70.4 Å². The monoisotopic (exact) mass is 292 g/mol. The summed E-state index contributed by atoms with van der Waals surface area (Å²) in [5, 5.41) is 6.98. The van der Waals surface area contributed by atoms with Crippen LogP contribution in [0.4, 0.5) is 5.82 Å². The number of fused-ring (bicyclic) bond motifs is 1. The van der Waals surface area contributed by atoms with E-state index in [0.717, 1.165) is 22.4 Å². The molecule has 1 aliphatic rings. The van der Waals surface area contributed by atoms with E-state index in [4.69, 9.17) is 0 Å². The molecule has 0 bridgehead atoms. The van der Waals surface area contributed by atoms with Gasteiger partial charge in [0.05, 0.1) is 11.6 Å². The van der Waals surface area contributed by atoms with Crippen molar-refractivity contribution in [2.75, 3.05) is 5.32 Å². The van der Waals surface area contributed by atoms with E-state index in [1.54, 1.807) is 11.3 Å². The van der Waals surface area contributed by atoms with Crippen LogP contribution in [-0.2, 0) is 4.79 Å².